The van der Waals surface area contributed by atoms with Crippen molar-refractivity contribution in [1.82, 2.24) is 19.5 Å². The third-order valence-corrected chi connectivity index (χ3v) is 5.54. The molecule has 0 radical (unpaired) electrons. The zero-order chi connectivity index (χ0) is 16.1. The number of imidazole rings is 1. The van der Waals surface area contributed by atoms with E-state index in [2.05, 4.69) is 34.6 Å². The standard InChI is InChI=1S/C14H20FN5OSi/c1-22(2,3)6-14(21)5-9(4-10(14)15)20-8-19-11-12(16)17-7-18-13(11)20/h4,7-9,21H,5-6H2,1-3H3,(H2,16,17,18)/t9-,14+/m0/s1. The van der Waals surface area contributed by atoms with E-state index in [0.29, 0.717) is 29.4 Å². The summed E-state index contributed by atoms with van der Waals surface area (Å²) >= 11 is 0. The molecule has 0 aromatic carbocycles. The van der Waals surface area contributed by atoms with Crippen LogP contribution < -0.4 is 5.73 Å². The molecule has 6 nitrogen and oxygen atoms in total. The molecule has 0 spiro atoms. The van der Waals surface area contributed by atoms with Gasteiger partial charge >= 0.3 is 0 Å². The Balaban J connectivity index is 1.96. The topological polar surface area (TPSA) is 89.8 Å². The van der Waals surface area contributed by atoms with Crippen LogP contribution in [0.4, 0.5) is 10.2 Å². The van der Waals surface area contributed by atoms with Gasteiger partial charge in [-0.3, -0.25) is 0 Å². The molecule has 2 aromatic heterocycles. The van der Waals surface area contributed by atoms with E-state index in [9.17, 15) is 9.50 Å². The van der Waals surface area contributed by atoms with Crippen molar-refractivity contribution in [2.24, 2.45) is 0 Å². The molecule has 0 unspecified atom stereocenters. The number of nitrogen functional groups attached to an aromatic ring is 1. The van der Waals surface area contributed by atoms with Crippen LogP contribution in [0.3, 0.4) is 0 Å². The Bertz CT molecular complexity index is 753. The first-order valence-electron chi connectivity index (χ1n) is 7.23. The first-order valence-corrected chi connectivity index (χ1v) is 10.9. The smallest absolute Gasteiger partial charge is 0.165 e. The molecule has 2 aromatic rings. The van der Waals surface area contributed by atoms with Crippen LogP contribution in [-0.4, -0.2) is 38.3 Å². The Kier molecular flexibility index (Phi) is 3.33. The number of allylic oxidation sites excluding steroid dienone is 1. The molecule has 1 aliphatic carbocycles. The van der Waals surface area contributed by atoms with Gasteiger partial charge in [0, 0.05) is 14.5 Å². The minimum absolute atomic E-state index is 0.290. The lowest BCUT2D eigenvalue weighted by atomic mass is 10.0. The Hall–Kier alpha value is -1.80. The molecule has 0 aliphatic heterocycles. The molecule has 0 amide bonds. The highest BCUT2D eigenvalue weighted by Crippen LogP contribution is 2.43. The number of rotatable bonds is 3. The Labute approximate surface area is 128 Å². The van der Waals surface area contributed by atoms with Crippen molar-refractivity contribution in [3.63, 3.8) is 0 Å². The molecule has 22 heavy (non-hydrogen) atoms. The fraction of sp³-hybridized carbons (Fsp3) is 0.500. The second-order valence-electron chi connectivity index (χ2n) is 7.14. The van der Waals surface area contributed by atoms with Crippen LogP contribution in [0.15, 0.2) is 24.6 Å². The highest BCUT2D eigenvalue weighted by atomic mass is 28.3. The third-order valence-electron chi connectivity index (χ3n) is 3.90. The normalized spacial score (nSPS) is 25.7. The van der Waals surface area contributed by atoms with E-state index in [4.69, 9.17) is 5.73 Å². The van der Waals surface area contributed by atoms with Gasteiger partial charge in [0.1, 0.15) is 23.3 Å². The van der Waals surface area contributed by atoms with Crippen LogP contribution in [-0.2, 0) is 0 Å². The van der Waals surface area contributed by atoms with Crippen molar-refractivity contribution in [3.8, 4) is 0 Å². The highest BCUT2D eigenvalue weighted by molar-refractivity contribution is 6.76. The van der Waals surface area contributed by atoms with E-state index in [0.717, 1.165) is 0 Å². The highest BCUT2D eigenvalue weighted by Gasteiger charge is 2.44. The SMILES string of the molecule is C[Si](C)(C)C[C@]1(O)C[C@@H](n2cnc3c(N)ncnc32)C=C1F. The predicted molar refractivity (Wildman–Crippen MR) is 85.7 cm³/mol. The Morgan fingerprint density at radius 1 is 1.41 bits per heavy atom. The molecule has 2 heterocycles. The minimum Gasteiger partial charge on any atom is -0.383 e. The average Bonchev–Trinajstić information content (AvgIpc) is 2.91. The number of halogens is 1. The summed E-state index contributed by atoms with van der Waals surface area (Å²) in [6.07, 6.45) is 4.68. The summed E-state index contributed by atoms with van der Waals surface area (Å²) in [7, 11) is -1.61. The van der Waals surface area contributed by atoms with Crippen molar-refractivity contribution in [2.75, 3.05) is 5.73 Å². The monoisotopic (exact) mass is 321 g/mol. The molecule has 8 heteroatoms. The molecular weight excluding hydrogens is 301 g/mol. The van der Waals surface area contributed by atoms with Crippen LogP contribution in [0.25, 0.3) is 11.2 Å². The van der Waals surface area contributed by atoms with Gasteiger partial charge in [0.05, 0.1) is 12.4 Å². The number of nitrogens with two attached hydrogens (primary N) is 1. The summed E-state index contributed by atoms with van der Waals surface area (Å²) in [6.45, 7) is 6.35. The van der Waals surface area contributed by atoms with Crippen LogP contribution >= 0.6 is 0 Å². The first kappa shape index (κ1) is 15.1. The molecule has 0 saturated carbocycles. The van der Waals surface area contributed by atoms with E-state index in [-0.39, 0.29) is 6.04 Å². The van der Waals surface area contributed by atoms with Crippen LogP contribution in [0.1, 0.15) is 12.5 Å². The summed E-state index contributed by atoms with van der Waals surface area (Å²) in [5.74, 6) is -0.160. The summed E-state index contributed by atoms with van der Waals surface area (Å²) in [5, 5.41) is 10.7. The molecule has 118 valence electrons. The molecular formula is C14H20FN5OSi. The van der Waals surface area contributed by atoms with Gasteiger partial charge in [0.2, 0.25) is 0 Å². The fourth-order valence-electron chi connectivity index (χ4n) is 3.15. The molecule has 0 bridgehead atoms. The zero-order valence-corrected chi connectivity index (χ0v) is 13.9. The van der Waals surface area contributed by atoms with Crippen molar-refractivity contribution in [3.05, 3.63) is 24.6 Å². The van der Waals surface area contributed by atoms with Gasteiger partial charge in [-0.05, 0) is 12.1 Å². The van der Waals surface area contributed by atoms with Gasteiger partial charge in [-0.1, -0.05) is 19.6 Å². The number of hydrogen-bond acceptors (Lipinski definition) is 5. The Morgan fingerprint density at radius 2 is 2.14 bits per heavy atom. The van der Waals surface area contributed by atoms with Gasteiger partial charge in [-0.2, -0.15) is 0 Å². The number of anilines is 1. The number of hydrogen-bond donors (Lipinski definition) is 2. The lowest BCUT2D eigenvalue weighted by molar-refractivity contribution is 0.0691. The van der Waals surface area contributed by atoms with Gasteiger partial charge in [-0.25, -0.2) is 19.3 Å². The van der Waals surface area contributed by atoms with Crippen LogP contribution in [0.5, 0.6) is 0 Å². The Morgan fingerprint density at radius 3 is 2.82 bits per heavy atom. The van der Waals surface area contributed by atoms with E-state index in [1.807, 2.05) is 0 Å². The summed E-state index contributed by atoms with van der Waals surface area (Å²) in [4.78, 5) is 12.3. The fourth-order valence-corrected chi connectivity index (χ4v) is 5.22. The molecule has 3 rings (SSSR count). The lowest BCUT2D eigenvalue weighted by Gasteiger charge is -2.30. The number of fused-ring (bicyclic) bond motifs is 1. The minimum atomic E-state index is -1.61. The number of aromatic nitrogens is 4. The summed E-state index contributed by atoms with van der Waals surface area (Å²) in [5.41, 5.74) is 5.44. The maximum Gasteiger partial charge on any atom is 0.165 e. The quantitative estimate of drug-likeness (QED) is 0.847. The van der Waals surface area contributed by atoms with E-state index in [1.54, 1.807) is 10.9 Å². The summed E-state index contributed by atoms with van der Waals surface area (Å²) < 4.78 is 16.1. The zero-order valence-electron chi connectivity index (χ0n) is 12.9. The van der Waals surface area contributed by atoms with Gasteiger partial charge < -0.3 is 15.4 Å². The second-order valence-corrected chi connectivity index (χ2v) is 12.6. The third kappa shape index (κ3) is 2.52. The van der Waals surface area contributed by atoms with Crippen molar-refractivity contribution in [1.29, 1.82) is 0 Å². The largest absolute Gasteiger partial charge is 0.383 e. The molecule has 3 N–H and O–H groups in total. The van der Waals surface area contributed by atoms with Crippen molar-refractivity contribution in [2.45, 2.75) is 43.7 Å². The van der Waals surface area contributed by atoms with Gasteiger partial charge in [-0.15, -0.1) is 0 Å². The molecule has 2 atom stereocenters. The van der Waals surface area contributed by atoms with E-state index >= 15 is 0 Å². The van der Waals surface area contributed by atoms with E-state index in [1.165, 1.54) is 12.4 Å². The maximum atomic E-state index is 14.4. The first-order chi connectivity index (χ1) is 10.2. The lowest BCUT2D eigenvalue weighted by Crippen LogP contribution is -2.37. The molecule has 0 fully saturated rings. The molecule has 0 saturated heterocycles. The van der Waals surface area contributed by atoms with Gasteiger partial charge in [0.15, 0.2) is 11.5 Å². The average molecular weight is 321 g/mol. The molecule has 1 aliphatic rings. The van der Waals surface area contributed by atoms with Crippen molar-refractivity contribution >= 4 is 25.1 Å². The van der Waals surface area contributed by atoms with Gasteiger partial charge in [0.25, 0.3) is 0 Å². The van der Waals surface area contributed by atoms with E-state index < -0.39 is 19.5 Å². The number of nitrogens with zero attached hydrogens (tertiary/aromatic N) is 4. The predicted octanol–water partition coefficient (Wildman–Crippen LogP) is 2.28. The second kappa shape index (κ2) is 4.85. The van der Waals surface area contributed by atoms with Crippen LogP contribution in [0, 0.1) is 0 Å². The maximum absolute atomic E-state index is 14.4. The van der Waals surface area contributed by atoms with Crippen LogP contribution in [0.2, 0.25) is 25.7 Å². The summed E-state index contributed by atoms with van der Waals surface area (Å²) in [6, 6.07) is 0.170. The van der Waals surface area contributed by atoms with Crippen molar-refractivity contribution < 1.29 is 9.50 Å². The number of aliphatic hydroxyl groups is 1.